The molecule has 0 N–H and O–H groups in total. The Morgan fingerprint density at radius 3 is 2.57 bits per heavy atom. The van der Waals surface area contributed by atoms with Crippen LogP contribution in [0.1, 0.15) is 28.6 Å². The highest BCUT2D eigenvalue weighted by atomic mass is 19.1. The van der Waals surface area contributed by atoms with Crippen LogP contribution < -0.4 is 0 Å². The largest absolute Gasteiger partial charge is 0.461 e. The van der Waals surface area contributed by atoms with E-state index in [1.165, 1.54) is 12.3 Å². The van der Waals surface area contributed by atoms with E-state index >= 15 is 0 Å². The van der Waals surface area contributed by atoms with Gasteiger partial charge in [0.2, 0.25) is 5.78 Å². The van der Waals surface area contributed by atoms with Crippen LogP contribution >= 0.6 is 0 Å². The first-order valence-corrected chi connectivity index (χ1v) is 7.20. The molecule has 0 radical (unpaired) electrons. The van der Waals surface area contributed by atoms with Crippen LogP contribution in [0.4, 0.5) is 4.39 Å². The zero-order valence-corrected chi connectivity index (χ0v) is 12.9. The number of rotatable bonds is 6. The molecule has 0 amide bonds. The second-order valence-electron chi connectivity index (χ2n) is 5.46. The molecule has 0 aliphatic heterocycles. The van der Waals surface area contributed by atoms with Gasteiger partial charge in [-0.3, -0.25) is 9.59 Å². The molecule has 2 atom stereocenters. The number of Topliss-reactive ketones (excluding diaryl/α,β-unsaturated/α-hetero) is 2. The van der Waals surface area contributed by atoms with Gasteiger partial charge >= 0.3 is 0 Å². The van der Waals surface area contributed by atoms with Gasteiger partial charge in [-0.15, -0.1) is 0 Å². The van der Waals surface area contributed by atoms with E-state index in [2.05, 4.69) is 0 Å². The van der Waals surface area contributed by atoms with Gasteiger partial charge in [-0.1, -0.05) is 25.1 Å². The molecule has 4 nitrogen and oxygen atoms in total. The monoisotopic (exact) mass is 313 g/mol. The Morgan fingerprint density at radius 1 is 1.30 bits per heavy atom. The summed E-state index contributed by atoms with van der Waals surface area (Å²) in [7, 11) is 0. The van der Waals surface area contributed by atoms with Crippen molar-refractivity contribution < 1.29 is 18.4 Å². The number of halogens is 1. The lowest BCUT2D eigenvalue weighted by Gasteiger charge is -2.14. The quantitative estimate of drug-likeness (QED) is 0.604. The molecule has 1 heterocycles. The van der Waals surface area contributed by atoms with Crippen molar-refractivity contribution in [2.45, 2.75) is 20.3 Å². The second kappa shape index (κ2) is 7.01. The zero-order chi connectivity index (χ0) is 17.0. The summed E-state index contributed by atoms with van der Waals surface area (Å²) in [5, 5.41) is 9.22. The highest BCUT2D eigenvalue weighted by Crippen LogP contribution is 2.20. The predicted octanol–water partition coefficient (Wildman–Crippen LogP) is 3.50. The Hall–Kier alpha value is -2.74. The van der Waals surface area contributed by atoms with Gasteiger partial charge in [0.15, 0.2) is 17.5 Å². The summed E-state index contributed by atoms with van der Waals surface area (Å²) in [5.74, 6) is -3.67. The van der Waals surface area contributed by atoms with Crippen LogP contribution in [-0.2, 0) is 11.2 Å². The number of furan rings is 1. The second-order valence-corrected chi connectivity index (χ2v) is 5.46. The highest BCUT2D eigenvalue weighted by molar-refractivity contribution is 6.12. The zero-order valence-electron chi connectivity index (χ0n) is 12.9. The van der Waals surface area contributed by atoms with Crippen molar-refractivity contribution in [3.63, 3.8) is 0 Å². The van der Waals surface area contributed by atoms with E-state index in [9.17, 15) is 19.2 Å². The number of nitrogens with zero attached hydrogens (tertiary/aromatic N) is 1. The van der Waals surface area contributed by atoms with Crippen molar-refractivity contribution >= 4 is 11.6 Å². The van der Waals surface area contributed by atoms with Gasteiger partial charge < -0.3 is 4.42 Å². The molecule has 0 saturated carbocycles. The minimum Gasteiger partial charge on any atom is -0.461 e. The third kappa shape index (κ3) is 3.54. The summed E-state index contributed by atoms with van der Waals surface area (Å²) in [4.78, 5) is 24.7. The molecule has 0 saturated heterocycles. The summed E-state index contributed by atoms with van der Waals surface area (Å²) in [5.41, 5.74) is 0.955. The SMILES string of the molecule is Cc1ccoc1C(=O)[C@@H](C#N)C(=O)[C@H](C)Cc1ccccc1F. The van der Waals surface area contributed by atoms with Crippen molar-refractivity contribution in [2.75, 3.05) is 0 Å². The van der Waals surface area contributed by atoms with Gasteiger partial charge in [0.1, 0.15) is 5.82 Å². The van der Waals surface area contributed by atoms with Crippen LogP contribution in [0.15, 0.2) is 41.0 Å². The molecule has 0 unspecified atom stereocenters. The molecule has 1 aromatic heterocycles. The standard InChI is InChI=1S/C18H16FNO3/c1-11-7-8-23-18(11)17(22)14(10-20)16(21)12(2)9-13-5-3-4-6-15(13)19/h3-8,12,14H,9H2,1-2H3/t12-,14+/m1/s1. The molecule has 0 fully saturated rings. The minimum absolute atomic E-state index is 0.0167. The van der Waals surface area contributed by atoms with Crippen LogP contribution in [0.5, 0.6) is 0 Å². The smallest absolute Gasteiger partial charge is 0.222 e. The summed E-state index contributed by atoms with van der Waals surface area (Å²) >= 11 is 0. The summed E-state index contributed by atoms with van der Waals surface area (Å²) in [6.07, 6.45) is 1.47. The van der Waals surface area contributed by atoms with Gasteiger partial charge in [-0.2, -0.15) is 5.26 Å². The molecular weight excluding hydrogens is 297 g/mol. The maximum absolute atomic E-state index is 13.7. The van der Waals surface area contributed by atoms with Crippen molar-refractivity contribution in [3.8, 4) is 6.07 Å². The number of carbonyl (C=O) groups excluding carboxylic acids is 2. The number of nitriles is 1. The van der Waals surface area contributed by atoms with Crippen LogP contribution in [0, 0.1) is 35.9 Å². The molecule has 1 aromatic carbocycles. The lowest BCUT2D eigenvalue weighted by molar-refractivity contribution is -0.123. The van der Waals surface area contributed by atoms with Crippen molar-refractivity contribution in [2.24, 2.45) is 11.8 Å². The topological polar surface area (TPSA) is 71.1 Å². The highest BCUT2D eigenvalue weighted by Gasteiger charge is 2.33. The molecule has 118 valence electrons. The van der Waals surface area contributed by atoms with Gasteiger partial charge in [-0.05, 0) is 36.6 Å². The first-order chi connectivity index (χ1) is 11.0. The Kier molecular flexibility index (Phi) is 5.07. The van der Waals surface area contributed by atoms with Gasteiger partial charge in [0.05, 0.1) is 12.3 Å². The average Bonchev–Trinajstić information content (AvgIpc) is 2.96. The maximum atomic E-state index is 13.7. The fraction of sp³-hybridized carbons (Fsp3) is 0.278. The number of hydrogen-bond acceptors (Lipinski definition) is 4. The third-order valence-corrected chi connectivity index (χ3v) is 3.73. The van der Waals surface area contributed by atoms with Crippen LogP contribution in [0.2, 0.25) is 0 Å². The fourth-order valence-corrected chi connectivity index (χ4v) is 2.39. The summed E-state index contributed by atoms with van der Waals surface area (Å²) in [6, 6.07) is 9.47. The molecular formula is C18H16FNO3. The molecule has 0 aliphatic carbocycles. The van der Waals surface area contributed by atoms with Crippen molar-refractivity contribution in [3.05, 3.63) is 59.3 Å². The van der Waals surface area contributed by atoms with Crippen molar-refractivity contribution in [1.29, 1.82) is 5.26 Å². The lowest BCUT2D eigenvalue weighted by atomic mass is 9.86. The van der Waals surface area contributed by atoms with Gasteiger partial charge in [0, 0.05) is 5.92 Å². The van der Waals surface area contributed by atoms with E-state index in [0.717, 1.165) is 0 Å². The number of benzene rings is 1. The number of ketones is 2. The molecule has 0 spiro atoms. The number of aryl methyl sites for hydroxylation is 1. The summed E-state index contributed by atoms with van der Waals surface area (Å²) < 4.78 is 18.7. The fourth-order valence-electron chi connectivity index (χ4n) is 2.39. The summed E-state index contributed by atoms with van der Waals surface area (Å²) in [6.45, 7) is 3.25. The van der Waals surface area contributed by atoms with E-state index in [1.54, 1.807) is 44.2 Å². The van der Waals surface area contributed by atoms with Crippen LogP contribution in [0.25, 0.3) is 0 Å². The Labute approximate surface area is 133 Å². The molecule has 2 aromatic rings. The predicted molar refractivity (Wildman–Crippen MR) is 81.2 cm³/mol. The third-order valence-electron chi connectivity index (χ3n) is 3.73. The Bertz CT molecular complexity index is 773. The molecule has 23 heavy (non-hydrogen) atoms. The van der Waals surface area contributed by atoms with E-state index in [4.69, 9.17) is 4.42 Å². The van der Waals surface area contributed by atoms with Crippen LogP contribution in [-0.4, -0.2) is 11.6 Å². The van der Waals surface area contributed by atoms with Gasteiger partial charge in [0.25, 0.3) is 0 Å². The molecule has 0 aliphatic rings. The van der Waals surface area contributed by atoms with E-state index in [1.807, 2.05) is 0 Å². The Balaban J connectivity index is 2.17. The van der Waals surface area contributed by atoms with E-state index < -0.39 is 29.2 Å². The number of hydrogen-bond donors (Lipinski definition) is 0. The van der Waals surface area contributed by atoms with Crippen LogP contribution in [0.3, 0.4) is 0 Å². The first kappa shape index (κ1) is 16.6. The molecule has 2 rings (SSSR count). The lowest BCUT2D eigenvalue weighted by Crippen LogP contribution is -2.29. The molecule has 5 heteroatoms. The average molecular weight is 313 g/mol. The van der Waals surface area contributed by atoms with Gasteiger partial charge in [-0.25, -0.2) is 4.39 Å². The maximum Gasteiger partial charge on any atom is 0.222 e. The minimum atomic E-state index is -1.44. The van der Waals surface area contributed by atoms with E-state index in [-0.39, 0.29) is 12.2 Å². The van der Waals surface area contributed by atoms with E-state index in [0.29, 0.717) is 11.1 Å². The first-order valence-electron chi connectivity index (χ1n) is 7.20. The molecule has 0 bridgehead atoms. The Morgan fingerprint density at radius 2 is 2.00 bits per heavy atom. The number of carbonyl (C=O) groups is 2. The normalized spacial score (nSPS) is 13.1. The van der Waals surface area contributed by atoms with Crippen molar-refractivity contribution in [1.82, 2.24) is 0 Å².